The third-order valence-electron chi connectivity index (χ3n) is 5.49. The predicted molar refractivity (Wildman–Crippen MR) is 146 cm³/mol. The number of nitrogens with zero attached hydrogens (tertiary/aromatic N) is 1. The Labute approximate surface area is 220 Å². The molecule has 0 unspecified atom stereocenters. The van der Waals surface area contributed by atoms with Gasteiger partial charge in [-0.2, -0.15) is 0 Å². The zero-order valence-corrected chi connectivity index (χ0v) is 21.7. The van der Waals surface area contributed by atoms with Gasteiger partial charge in [0, 0.05) is 21.8 Å². The second kappa shape index (κ2) is 9.60. The first-order valence-corrected chi connectivity index (χ1v) is 12.2. The highest BCUT2D eigenvalue weighted by Crippen LogP contribution is 2.34. The van der Waals surface area contributed by atoms with E-state index in [1.54, 1.807) is 24.3 Å². The van der Waals surface area contributed by atoms with Crippen LogP contribution >= 0.6 is 28.1 Å². The fraction of sp³-hybridized carbons (Fsp3) is 0.0741. The number of furan rings is 1. The molecular weight excluding hydrogens is 542 g/mol. The van der Waals surface area contributed by atoms with Gasteiger partial charge < -0.3 is 19.3 Å². The lowest BCUT2D eigenvalue weighted by Gasteiger charge is -2.10. The minimum absolute atomic E-state index is 0.0415. The number of benzene rings is 3. The maximum atomic E-state index is 12.6. The van der Waals surface area contributed by atoms with E-state index in [4.69, 9.17) is 21.1 Å². The number of hydrogen-bond acceptors (Lipinski definition) is 6. The predicted octanol–water partition coefficient (Wildman–Crippen LogP) is 6.97. The molecule has 36 heavy (non-hydrogen) atoms. The number of oxazole rings is 1. The maximum Gasteiger partial charge on any atom is 0.293 e. The molecule has 9 heteroatoms. The molecule has 0 aliphatic heterocycles. The standard InChI is InChI=1S/C27H20BrN3O4S/c1-14-11-15(2)24-20(12-14)30-26(35-24)19-8-7-18(13-21(19)32)29-27(36)31-25(33)23-10-9-22(34-23)16-3-5-17(28)6-4-16/h3-13,32H,1-2H3,(H2,29,31,33,36). The summed E-state index contributed by atoms with van der Waals surface area (Å²) in [5, 5.41) is 16.1. The monoisotopic (exact) mass is 561 g/mol. The molecule has 7 nitrogen and oxygen atoms in total. The van der Waals surface area contributed by atoms with Gasteiger partial charge in [0.05, 0.1) is 5.56 Å². The Hall–Kier alpha value is -3.95. The zero-order chi connectivity index (χ0) is 25.4. The van der Waals surface area contributed by atoms with Crippen molar-refractivity contribution in [1.82, 2.24) is 10.3 Å². The molecule has 3 aromatic carbocycles. The number of phenolic OH excluding ortho intramolecular Hbond substituents is 1. The topological polar surface area (TPSA) is 101 Å². The van der Waals surface area contributed by atoms with Crippen LogP contribution in [0.5, 0.6) is 5.75 Å². The third kappa shape index (κ3) is 4.89. The number of amides is 1. The number of rotatable bonds is 4. The number of aromatic nitrogens is 1. The van der Waals surface area contributed by atoms with Crippen LogP contribution in [0.1, 0.15) is 21.7 Å². The molecule has 0 saturated carbocycles. The number of aryl methyl sites for hydroxylation is 2. The summed E-state index contributed by atoms with van der Waals surface area (Å²) in [6.07, 6.45) is 0. The van der Waals surface area contributed by atoms with E-state index < -0.39 is 5.91 Å². The molecule has 0 fully saturated rings. The highest BCUT2D eigenvalue weighted by molar-refractivity contribution is 9.10. The highest BCUT2D eigenvalue weighted by Gasteiger charge is 2.16. The average Bonchev–Trinajstić information content (AvgIpc) is 3.47. The molecule has 5 aromatic rings. The first kappa shape index (κ1) is 23.8. The first-order chi connectivity index (χ1) is 17.3. The van der Waals surface area contributed by atoms with Crippen molar-refractivity contribution >= 4 is 56.0 Å². The fourth-order valence-electron chi connectivity index (χ4n) is 3.84. The summed E-state index contributed by atoms with van der Waals surface area (Å²) in [6, 6.07) is 19.7. The summed E-state index contributed by atoms with van der Waals surface area (Å²) < 4.78 is 12.5. The van der Waals surface area contributed by atoms with E-state index in [9.17, 15) is 9.90 Å². The Morgan fingerprint density at radius 1 is 1.00 bits per heavy atom. The summed E-state index contributed by atoms with van der Waals surface area (Å²) >= 11 is 8.66. The van der Waals surface area contributed by atoms with E-state index in [0.29, 0.717) is 28.5 Å². The average molecular weight is 562 g/mol. The maximum absolute atomic E-state index is 12.6. The summed E-state index contributed by atoms with van der Waals surface area (Å²) in [4.78, 5) is 17.1. The van der Waals surface area contributed by atoms with E-state index in [1.807, 2.05) is 50.2 Å². The van der Waals surface area contributed by atoms with E-state index in [2.05, 4.69) is 31.5 Å². The minimum atomic E-state index is -0.492. The zero-order valence-electron chi connectivity index (χ0n) is 19.3. The summed E-state index contributed by atoms with van der Waals surface area (Å²) in [6.45, 7) is 3.95. The summed E-state index contributed by atoms with van der Waals surface area (Å²) in [5.41, 5.74) is 5.25. The van der Waals surface area contributed by atoms with Gasteiger partial charge in [-0.25, -0.2) is 4.98 Å². The Balaban J connectivity index is 1.27. The smallest absolute Gasteiger partial charge is 0.293 e. The van der Waals surface area contributed by atoms with Crippen LogP contribution < -0.4 is 10.6 Å². The number of anilines is 1. The molecular formula is C27H20BrN3O4S. The van der Waals surface area contributed by atoms with Crippen molar-refractivity contribution in [3.05, 3.63) is 88.1 Å². The summed E-state index contributed by atoms with van der Waals surface area (Å²) in [5.74, 6) is 0.473. The molecule has 2 aromatic heterocycles. The molecule has 0 radical (unpaired) electrons. The number of fused-ring (bicyclic) bond motifs is 1. The third-order valence-corrected chi connectivity index (χ3v) is 6.22. The number of phenols is 1. The summed E-state index contributed by atoms with van der Waals surface area (Å²) in [7, 11) is 0. The molecule has 0 aliphatic rings. The van der Waals surface area contributed by atoms with Crippen LogP contribution in [0.2, 0.25) is 0 Å². The van der Waals surface area contributed by atoms with Gasteiger partial charge in [0.25, 0.3) is 5.91 Å². The van der Waals surface area contributed by atoms with Crippen molar-refractivity contribution in [2.24, 2.45) is 0 Å². The van der Waals surface area contributed by atoms with Crippen LogP contribution in [-0.4, -0.2) is 21.1 Å². The quantitative estimate of drug-likeness (QED) is 0.204. The van der Waals surface area contributed by atoms with Crippen LogP contribution in [0, 0.1) is 13.8 Å². The number of thiocarbonyl (C=S) groups is 1. The molecule has 0 spiro atoms. The molecule has 0 aliphatic carbocycles. The van der Waals surface area contributed by atoms with Gasteiger partial charge in [0.15, 0.2) is 16.5 Å². The van der Waals surface area contributed by atoms with Crippen LogP contribution in [0.4, 0.5) is 5.69 Å². The lowest BCUT2D eigenvalue weighted by molar-refractivity contribution is 0.0951. The van der Waals surface area contributed by atoms with Crippen LogP contribution in [0.15, 0.2) is 80.0 Å². The second-order valence-electron chi connectivity index (χ2n) is 8.26. The van der Waals surface area contributed by atoms with Crippen molar-refractivity contribution in [2.75, 3.05) is 5.32 Å². The van der Waals surface area contributed by atoms with E-state index in [-0.39, 0.29) is 16.6 Å². The van der Waals surface area contributed by atoms with Gasteiger partial charge in [0.2, 0.25) is 5.89 Å². The Morgan fingerprint density at radius 3 is 2.53 bits per heavy atom. The lowest BCUT2D eigenvalue weighted by atomic mass is 10.1. The van der Waals surface area contributed by atoms with Crippen LogP contribution in [0.25, 0.3) is 33.9 Å². The SMILES string of the molecule is Cc1cc(C)c2oc(-c3ccc(NC(=S)NC(=O)c4ccc(-c5ccc(Br)cc5)o4)cc3O)nc2c1. The number of hydrogen-bond donors (Lipinski definition) is 3. The van der Waals surface area contributed by atoms with E-state index in [0.717, 1.165) is 26.7 Å². The number of carbonyl (C=O) groups excluding carboxylic acids is 1. The highest BCUT2D eigenvalue weighted by atomic mass is 79.9. The number of carbonyl (C=O) groups is 1. The first-order valence-electron chi connectivity index (χ1n) is 11.0. The van der Waals surface area contributed by atoms with Crippen LogP contribution in [-0.2, 0) is 0 Å². The number of aromatic hydroxyl groups is 1. The fourth-order valence-corrected chi connectivity index (χ4v) is 4.31. The largest absolute Gasteiger partial charge is 0.507 e. The van der Waals surface area contributed by atoms with Gasteiger partial charge in [-0.15, -0.1) is 0 Å². The van der Waals surface area contributed by atoms with Crippen molar-refractivity contribution in [2.45, 2.75) is 13.8 Å². The van der Waals surface area contributed by atoms with Crippen molar-refractivity contribution in [1.29, 1.82) is 0 Å². The normalized spacial score (nSPS) is 11.0. The molecule has 0 saturated heterocycles. The Bertz CT molecular complexity index is 1620. The number of nitrogens with one attached hydrogen (secondary N) is 2. The molecule has 3 N–H and O–H groups in total. The van der Waals surface area contributed by atoms with Gasteiger partial charge in [-0.1, -0.05) is 34.1 Å². The molecule has 0 atom stereocenters. The van der Waals surface area contributed by atoms with Crippen molar-refractivity contribution < 1.29 is 18.7 Å². The van der Waals surface area contributed by atoms with Gasteiger partial charge >= 0.3 is 0 Å². The lowest BCUT2D eigenvalue weighted by Crippen LogP contribution is -2.33. The molecule has 0 bridgehead atoms. The molecule has 2 heterocycles. The van der Waals surface area contributed by atoms with Gasteiger partial charge in [-0.05, 0) is 79.7 Å². The Morgan fingerprint density at radius 2 is 1.78 bits per heavy atom. The van der Waals surface area contributed by atoms with Crippen LogP contribution in [0.3, 0.4) is 0 Å². The van der Waals surface area contributed by atoms with Crippen molar-refractivity contribution in [3.8, 4) is 28.5 Å². The van der Waals surface area contributed by atoms with Gasteiger partial charge in [-0.3, -0.25) is 10.1 Å². The van der Waals surface area contributed by atoms with E-state index >= 15 is 0 Å². The molecule has 180 valence electrons. The van der Waals surface area contributed by atoms with Crippen molar-refractivity contribution in [3.63, 3.8) is 0 Å². The second-order valence-corrected chi connectivity index (χ2v) is 9.58. The molecule has 1 amide bonds. The number of halogens is 1. The molecule has 5 rings (SSSR count). The Kier molecular flexibility index (Phi) is 6.34. The van der Waals surface area contributed by atoms with E-state index in [1.165, 1.54) is 6.07 Å². The minimum Gasteiger partial charge on any atom is -0.507 e. The van der Waals surface area contributed by atoms with Gasteiger partial charge in [0.1, 0.15) is 17.0 Å².